The minimum Gasteiger partial charge on any atom is -0.483 e. The lowest BCUT2D eigenvalue weighted by molar-refractivity contribution is 0.0626. The highest BCUT2D eigenvalue weighted by Crippen LogP contribution is 2.53. The standard InChI is InChI=1S/C29H28F2N2O5/c1-2-32-17-29(13-20(29)15-34)33-14-22(24(35)11-9-19-8-10-21(30)12-23(19)31)26(36)27(25(33)28(32)37)38-16-18-6-4-3-5-7-18/h3-8,10,12,14,20,34H,2,9,11,13,15-17H2,1H3/t20-,29-/m1/s1. The number of hydrogen-bond donors (Lipinski definition) is 1. The third-order valence-corrected chi connectivity index (χ3v) is 7.56. The second kappa shape index (κ2) is 10.1. The maximum Gasteiger partial charge on any atom is 0.274 e. The number of likely N-dealkylation sites (N-methyl/N-ethyl adjacent to an activating group) is 1. The Balaban J connectivity index is 1.56. The second-order valence-corrected chi connectivity index (χ2v) is 9.86. The number of amides is 1. The molecule has 9 heteroatoms. The lowest BCUT2D eigenvalue weighted by Gasteiger charge is -2.37. The van der Waals surface area contributed by atoms with Crippen molar-refractivity contribution in [2.75, 3.05) is 19.7 Å². The Kier molecular flexibility index (Phi) is 6.88. The molecule has 1 aromatic heterocycles. The van der Waals surface area contributed by atoms with Crippen LogP contribution >= 0.6 is 0 Å². The van der Waals surface area contributed by atoms with E-state index in [4.69, 9.17) is 4.74 Å². The minimum absolute atomic E-state index is 0.0113. The first-order chi connectivity index (χ1) is 18.3. The van der Waals surface area contributed by atoms with Gasteiger partial charge in [0.15, 0.2) is 17.2 Å². The number of hydrogen-bond acceptors (Lipinski definition) is 5. The molecule has 0 radical (unpaired) electrons. The van der Waals surface area contributed by atoms with Gasteiger partial charge in [0.25, 0.3) is 5.91 Å². The van der Waals surface area contributed by atoms with Crippen molar-refractivity contribution in [3.05, 3.63) is 99.0 Å². The van der Waals surface area contributed by atoms with Crippen LogP contribution in [0.3, 0.4) is 0 Å². The molecule has 1 amide bonds. The van der Waals surface area contributed by atoms with Crippen LogP contribution in [0.2, 0.25) is 0 Å². The molecule has 2 aliphatic rings. The van der Waals surface area contributed by atoms with Gasteiger partial charge in [-0.3, -0.25) is 14.4 Å². The van der Waals surface area contributed by atoms with Crippen molar-refractivity contribution in [2.45, 2.75) is 38.3 Å². The van der Waals surface area contributed by atoms with Crippen LogP contribution < -0.4 is 10.2 Å². The average Bonchev–Trinajstić information content (AvgIpc) is 3.63. The molecule has 1 aliphatic carbocycles. The van der Waals surface area contributed by atoms with Gasteiger partial charge in [0.2, 0.25) is 5.43 Å². The number of rotatable bonds is 9. The van der Waals surface area contributed by atoms with Crippen LogP contribution in [0.25, 0.3) is 0 Å². The summed E-state index contributed by atoms with van der Waals surface area (Å²) in [6, 6.07) is 12.3. The number of ketones is 1. The molecule has 38 heavy (non-hydrogen) atoms. The Morgan fingerprint density at radius 2 is 1.92 bits per heavy atom. The molecule has 1 spiro atoms. The van der Waals surface area contributed by atoms with Gasteiger partial charge in [-0.25, -0.2) is 8.78 Å². The Hall–Kier alpha value is -3.85. The highest BCUT2D eigenvalue weighted by Gasteiger charge is 2.60. The smallest absolute Gasteiger partial charge is 0.274 e. The lowest BCUT2D eigenvalue weighted by atomic mass is 10.00. The van der Waals surface area contributed by atoms with Crippen molar-refractivity contribution in [3.63, 3.8) is 0 Å². The molecule has 1 fully saturated rings. The Labute approximate surface area is 218 Å². The van der Waals surface area contributed by atoms with E-state index in [1.807, 2.05) is 37.3 Å². The molecule has 2 atom stereocenters. The topological polar surface area (TPSA) is 88.8 Å². The van der Waals surface area contributed by atoms with E-state index < -0.39 is 28.4 Å². The molecule has 0 unspecified atom stereocenters. The second-order valence-electron chi connectivity index (χ2n) is 9.86. The number of fused-ring (bicyclic) bond motifs is 2. The summed E-state index contributed by atoms with van der Waals surface area (Å²) in [5.41, 5.74) is -0.522. The van der Waals surface area contributed by atoms with Crippen molar-refractivity contribution in [1.29, 1.82) is 0 Å². The van der Waals surface area contributed by atoms with E-state index in [2.05, 4.69) is 0 Å². The minimum atomic E-state index is -0.764. The summed E-state index contributed by atoms with van der Waals surface area (Å²) in [7, 11) is 0. The van der Waals surface area contributed by atoms with Crippen molar-refractivity contribution in [1.82, 2.24) is 9.47 Å². The number of aromatic nitrogens is 1. The lowest BCUT2D eigenvalue weighted by Crippen LogP contribution is -2.50. The zero-order chi connectivity index (χ0) is 27.0. The maximum absolute atomic E-state index is 14.1. The zero-order valence-electron chi connectivity index (χ0n) is 21.0. The van der Waals surface area contributed by atoms with Gasteiger partial charge in [0.1, 0.15) is 18.2 Å². The maximum atomic E-state index is 14.1. The Bertz CT molecular complexity index is 1460. The summed E-state index contributed by atoms with van der Waals surface area (Å²) in [5.74, 6) is -2.76. The van der Waals surface area contributed by atoms with Crippen LogP contribution in [-0.2, 0) is 18.6 Å². The van der Waals surface area contributed by atoms with E-state index >= 15 is 0 Å². The molecule has 0 saturated heterocycles. The van der Waals surface area contributed by atoms with Gasteiger partial charge < -0.3 is 19.3 Å². The molecular formula is C29H28F2N2O5. The number of carbonyl (C=O) groups is 2. The van der Waals surface area contributed by atoms with Gasteiger partial charge >= 0.3 is 0 Å². The predicted octanol–water partition coefficient (Wildman–Crippen LogP) is 3.70. The third-order valence-electron chi connectivity index (χ3n) is 7.56. The molecule has 1 saturated carbocycles. The quantitative estimate of drug-likeness (QED) is 0.433. The van der Waals surface area contributed by atoms with E-state index in [1.165, 1.54) is 12.3 Å². The van der Waals surface area contributed by atoms with Crippen molar-refractivity contribution in [3.8, 4) is 5.75 Å². The fraction of sp³-hybridized carbons (Fsp3) is 0.345. The number of aliphatic hydroxyl groups is 1. The van der Waals surface area contributed by atoms with Crippen LogP contribution in [0, 0.1) is 17.6 Å². The fourth-order valence-corrected chi connectivity index (χ4v) is 5.29. The molecule has 3 aromatic rings. The summed E-state index contributed by atoms with van der Waals surface area (Å²) in [6.07, 6.45) is 1.76. The summed E-state index contributed by atoms with van der Waals surface area (Å²) in [6.45, 7) is 2.50. The van der Waals surface area contributed by atoms with E-state index in [-0.39, 0.29) is 60.5 Å². The van der Waals surface area contributed by atoms with Gasteiger partial charge in [-0.15, -0.1) is 0 Å². The predicted molar refractivity (Wildman–Crippen MR) is 135 cm³/mol. The zero-order valence-corrected chi connectivity index (χ0v) is 21.0. The number of carbonyl (C=O) groups excluding carboxylic acids is 2. The third kappa shape index (κ3) is 4.51. The fourth-order valence-electron chi connectivity index (χ4n) is 5.29. The molecule has 0 bridgehead atoms. The van der Waals surface area contributed by atoms with Crippen LogP contribution in [-0.4, -0.2) is 46.0 Å². The van der Waals surface area contributed by atoms with E-state index in [9.17, 15) is 28.3 Å². The SMILES string of the molecule is CCN1C[C@@]2(C[C@@H]2CO)n2cc(C(=O)CCc3ccc(F)cc3F)c(=O)c(OCc3ccccc3)c2C1=O. The molecular weight excluding hydrogens is 494 g/mol. The van der Waals surface area contributed by atoms with Crippen LogP contribution in [0.1, 0.15) is 51.7 Å². The van der Waals surface area contributed by atoms with Crippen LogP contribution in [0.4, 0.5) is 8.78 Å². The highest BCUT2D eigenvalue weighted by atomic mass is 19.1. The van der Waals surface area contributed by atoms with E-state index in [0.29, 0.717) is 19.5 Å². The molecule has 1 aliphatic heterocycles. The number of nitrogens with zero attached hydrogens (tertiary/aromatic N) is 2. The first-order valence-corrected chi connectivity index (χ1v) is 12.6. The number of aliphatic hydroxyl groups excluding tert-OH is 1. The molecule has 5 rings (SSSR count). The number of benzene rings is 2. The first-order valence-electron chi connectivity index (χ1n) is 12.6. The number of Topliss-reactive ketones (excluding diaryl/α,β-unsaturated/α-hetero) is 1. The van der Waals surface area contributed by atoms with Gasteiger partial charge in [-0.1, -0.05) is 36.4 Å². The normalized spacial score (nSPS) is 19.9. The van der Waals surface area contributed by atoms with Crippen molar-refractivity contribution in [2.24, 2.45) is 5.92 Å². The molecule has 198 valence electrons. The summed E-state index contributed by atoms with van der Waals surface area (Å²) >= 11 is 0. The largest absolute Gasteiger partial charge is 0.483 e. The van der Waals surface area contributed by atoms with E-state index in [0.717, 1.165) is 17.7 Å². The van der Waals surface area contributed by atoms with Crippen molar-refractivity contribution >= 4 is 11.7 Å². The number of aryl methyl sites for hydroxylation is 1. The Morgan fingerprint density at radius 1 is 1.16 bits per heavy atom. The monoisotopic (exact) mass is 522 g/mol. The molecule has 2 heterocycles. The summed E-state index contributed by atoms with van der Waals surface area (Å²) in [5, 5.41) is 9.95. The van der Waals surface area contributed by atoms with E-state index in [1.54, 1.807) is 9.47 Å². The van der Waals surface area contributed by atoms with Crippen molar-refractivity contribution < 1.29 is 28.2 Å². The average molecular weight is 523 g/mol. The van der Waals surface area contributed by atoms with Gasteiger partial charge in [0.05, 0.1) is 11.1 Å². The van der Waals surface area contributed by atoms with Gasteiger partial charge in [-0.05, 0) is 37.0 Å². The first kappa shape index (κ1) is 25.8. The molecule has 1 N–H and O–H groups in total. The van der Waals surface area contributed by atoms with Gasteiger partial charge in [0, 0.05) is 44.3 Å². The van der Waals surface area contributed by atoms with Gasteiger partial charge in [-0.2, -0.15) is 0 Å². The number of ether oxygens (including phenoxy) is 1. The van der Waals surface area contributed by atoms with Crippen LogP contribution in [0.5, 0.6) is 5.75 Å². The van der Waals surface area contributed by atoms with Crippen LogP contribution in [0.15, 0.2) is 59.5 Å². The number of pyridine rings is 1. The summed E-state index contributed by atoms with van der Waals surface area (Å²) in [4.78, 5) is 42.0. The summed E-state index contributed by atoms with van der Waals surface area (Å²) < 4.78 is 35.0. The number of halogens is 2. The highest BCUT2D eigenvalue weighted by molar-refractivity contribution is 6.00. The Morgan fingerprint density at radius 3 is 2.58 bits per heavy atom. The molecule has 7 nitrogen and oxygen atoms in total. The molecule has 2 aromatic carbocycles.